The fourth-order valence-corrected chi connectivity index (χ4v) is 4.96. The molecule has 1 saturated heterocycles. The van der Waals surface area contributed by atoms with Gasteiger partial charge in [0.2, 0.25) is 5.75 Å². The van der Waals surface area contributed by atoms with Gasteiger partial charge in [-0.3, -0.25) is 19.8 Å². The zero-order valence-electron chi connectivity index (χ0n) is 18.9. The molecule has 3 aromatic carbocycles. The topological polar surface area (TPSA) is 81.9 Å². The monoisotopic (exact) mass is 600 g/mol. The second-order valence-electron chi connectivity index (χ2n) is 7.57. The minimum Gasteiger partial charge on any atom is -0.493 e. The van der Waals surface area contributed by atoms with Crippen LogP contribution in [-0.2, 0) is 11.0 Å². The van der Waals surface area contributed by atoms with Gasteiger partial charge in [-0.05, 0) is 54.1 Å². The fourth-order valence-electron chi connectivity index (χ4n) is 3.37. The molecule has 0 unspecified atom stereocenters. The first kappa shape index (κ1) is 27.7. The van der Waals surface area contributed by atoms with E-state index < -0.39 is 34.0 Å². The number of carbonyl (C=O) groups is 1. The molecule has 0 atom stereocenters. The SMILES string of the molecule is COc1cc(/C=C2\SC(=S)N(c3ccc(Cl)c(Cl)c3)C2=O)ccc1Oc1ccc(C(F)(F)F)cc1[N+](=O)[O-]. The number of nitro benzene ring substituents is 1. The minimum absolute atomic E-state index is 0.0101. The summed E-state index contributed by atoms with van der Waals surface area (Å²) in [4.78, 5) is 25.1. The van der Waals surface area contributed by atoms with Crippen molar-refractivity contribution < 1.29 is 32.4 Å². The smallest absolute Gasteiger partial charge is 0.416 e. The third kappa shape index (κ3) is 5.73. The summed E-state index contributed by atoms with van der Waals surface area (Å²) in [6.45, 7) is 0. The number of thioether (sulfide) groups is 1. The molecule has 1 heterocycles. The average molecular weight is 601 g/mol. The van der Waals surface area contributed by atoms with Gasteiger partial charge in [0.25, 0.3) is 5.91 Å². The van der Waals surface area contributed by atoms with Gasteiger partial charge in [0.05, 0.1) is 38.2 Å². The average Bonchev–Trinajstić information content (AvgIpc) is 3.13. The van der Waals surface area contributed by atoms with Crippen LogP contribution in [0.2, 0.25) is 10.0 Å². The number of hydrogen-bond acceptors (Lipinski definition) is 7. The van der Waals surface area contributed by atoms with E-state index in [2.05, 4.69) is 0 Å². The number of rotatable bonds is 6. The molecule has 196 valence electrons. The minimum atomic E-state index is -4.76. The lowest BCUT2D eigenvalue weighted by molar-refractivity contribution is -0.385. The number of anilines is 1. The van der Waals surface area contributed by atoms with Crippen molar-refractivity contribution in [3.63, 3.8) is 0 Å². The Morgan fingerprint density at radius 1 is 1.03 bits per heavy atom. The molecule has 1 aliphatic rings. The van der Waals surface area contributed by atoms with E-state index in [-0.39, 0.29) is 20.8 Å². The number of alkyl halides is 3. The van der Waals surface area contributed by atoms with Gasteiger partial charge in [-0.25, -0.2) is 0 Å². The number of halogens is 5. The lowest BCUT2D eigenvalue weighted by atomic mass is 10.1. The summed E-state index contributed by atoms with van der Waals surface area (Å²) in [5, 5.41) is 12.0. The summed E-state index contributed by atoms with van der Waals surface area (Å²) in [6.07, 6.45) is -3.20. The third-order valence-electron chi connectivity index (χ3n) is 5.14. The molecular weight excluding hydrogens is 588 g/mol. The van der Waals surface area contributed by atoms with Crippen LogP contribution in [0.1, 0.15) is 11.1 Å². The number of amides is 1. The summed E-state index contributed by atoms with van der Waals surface area (Å²) in [7, 11) is 1.32. The van der Waals surface area contributed by atoms with Gasteiger partial charge in [0.1, 0.15) is 0 Å². The normalized spacial score (nSPS) is 14.8. The Bertz CT molecular complexity index is 1510. The summed E-state index contributed by atoms with van der Waals surface area (Å²) in [5.74, 6) is -0.668. The second-order valence-corrected chi connectivity index (χ2v) is 10.1. The highest BCUT2D eigenvalue weighted by Gasteiger charge is 2.35. The molecule has 14 heteroatoms. The molecule has 7 nitrogen and oxygen atoms in total. The first-order valence-corrected chi connectivity index (χ1v) is 12.3. The largest absolute Gasteiger partial charge is 0.493 e. The van der Waals surface area contributed by atoms with E-state index in [1.807, 2.05) is 0 Å². The van der Waals surface area contributed by atoms with Crippen molar-refractivity contribution in [2.75, 3.05) is 12.0 Å². The molecule has 1 amide bonds. The van der Waals surface area contributed by atoms with Crippen LogP contribution in [0.25, 0.3) is 6.08 Å². The highest BCUT2D eigenvalue weighted by atomic mass is 35.5. The van der Waals surface area contributed by atoms with Gasteiger partial charge in [0.15, 0.2) is 15.8 Å². The van der Waals surface area contributed by atoms with Crippen molar-refractivity contribution in [1.82, 2.24) is 0 Å². The van der Waals surface area contributed by atoms with Crippen LogP contribution in [0.5, 0.6) is 17.2 Å². The molecule has 0 aromatic heterocycles. The lowest BCUT2D eigenvalue weighted by Gasteiger charge is -2.15. The highest BCUT2D eigenvalue weighted by molar-refractivity contribution is 8.27. The molecule has 0 N–H and O–H groups in total. The number of methoxy groups -OCH3 is 1. The summed E-state index contributed by atoms with van der Waals surface area (Å²) < 4.78 is 50.1. The third-order valence-corrected chi connectivity index (χ3v) is 7.18. The predicted octanol–water partition coefficient (Wildman–Crippen LogP) is 8.13. The van der Waals surface area contributed by atoms with Crippen molar-refractivity contribution >= 4 is 74.9 Å². The number of hydrogen-bond donors (Lipinski definition) is 0. The maximum absolute atomic E-state index is 13.1. The first-order chi connectivity index (χ1) is 17.9. The highest BCUT2D eigenvalue weighted by Crippen LogP contribution is 2.42. The number of thiocarbonyl (C=S) groups is 1. The quantitative estimate of drug-likeness (QED) is 0.122. The Hall–Kier alpha value is -3.32. The van der Waals surface area contributed by atoms with E-state index >= 15 is 0 Å². The molecule has 1 aliphatic heterocycles. The molecule has 0 aliphatic carbocycles. The van der Waals surface area contributed by atoms with Crippen molar-refractivity contribution in [2.45, 2.75) is 6.18 Å². The van der Waals surface area contributed by atoms with Gasteiger partial charge in [-0.2, -0.15) is 13.2 Å². The first-order valence-electron chi connectivity index (χ1n) is 10.3. The van der Waals surface area contributed by atoms with E-state index in [0.717, 1.165) is 17.8 Å². The maximum Gasteiger partial charge on any atom is 0.416 e. The van der Waals surface area contributed by atoms with Crippen molar-refractivity contribution in [3.05, 3.63) is 90.8 Å². The molecule has 3 aromatic rings. The van der Waals surface area contributed by atoms with Crippen molar-refractivity contribution in [3.8, 4) is 17.2 Å². The van der Waals surface area contributed by atoms with E-state index in [9.17, 15) is 28.1 Å². The zero-order chi connectivity index (χ0) is 27.8. The van der Waals surface area contributed by atoms with Crippen LogP contribution in [0.3, 0.4) is 0 Å². The Balaban J connectivity index is 1.62. The van der Waals surface area contributed by atoms with Gasteiger partial charge >= 0.3 is 11.9 Å². The van der Waals surface area contributed by atoms with Crippen LogP contribution >= 0.6 is 47.2 Å². The molecule has 0 radical (unpaired) electrons. The van der Waals surface area contributed by atoms with Crippen LogP contribution in [0, 0.1) is 10.1 Å². The summed E-state index contributed by atoms with van der Waals surface area (Å²) in [6, 6.07) is 11.1. The zero-order valence-corrected chi connectivity index (χ0v) is 22.1. The van der Waals surface area contributed by atoms with Gasteiger partial charge in [0, 0.05) is 6.07 Å². The van der Waals surface area contributed by atoms with Crippen molar-refractivity contribution in [1.29, 1.82) is 0 Å². The Morgan fingerprint density at radius 3 is 2.37 bits per heavy atom. The molecule has 38 heavy (non-hydrogen) atoms. The van der Waals surface area contributed by atoms with Gasteiger partial charge < -0.3 is 9.47 Å². The predicted molar refractivity (Wildman–Crippen MR) is 143 cm³/mol. The van der Waals surface area contributed by atoms with E-state index in [0.29, 0.717) is 33.3 Å². The van der Waals surface area contributed by atoms with Crippen molar-refractivity contribution in [2.24, 2.45) is 0 Å². The number of nitro groups is 1. The molecule has 1 fully saturated rings. The second kappa shape index (κ2) is 10.8. The molecule has 0 bridgehead atoms. The van der Waals surface area contributed by atoms with Crippen LogP contribution in [0.15, 0.2) is 59.5 Å². The summed E-state index contributed by atoms with van der Waals surface area (Å²) in [5.41, 5.74) is -1.09. The van der Waals surface area contributed by atoms with E-state index in [4.69, 9.17) is 44.9 Å². The van der Waals surface area contributed by atoms with Gasteiger partial charge in [-0.15, -0.1) is 0 Å². The van der Waals surface area contributed by atoms with Crippen LogP contribution in [0.4, 0.5) is 24.5 Å². The molecular formula is C24H13Cl2F3N2O5S2. The number of nitrogens with zero attached hydrogens (tertiary/aromatic N) is 2. The standard InChI is InChI=1S/C24H13Cl2F3N2O5S2/c1-35-20-8-12(9-21-22(32)30(23(37)38-21)14-4-5-15(25)16(26)11-14)2-6-19(20)36-18-7-3-13(24(27,28)29)10-17(18)31(33)34/h2-11H,1H3/b21-9-. The summed E-state index contributed by atoms with van der Waals surface area (Å²) >= 11 is 18.4. The fraction of sp³-hybridized carbons (Fsp3) is 0.0833. The van der Waals surface area contributed by atoms with Gasteiger partial charge in [-0.1, -0.05) is 53.2 Å². The maximum atomic E-state index is 13.1. The lowest BCUT2D eigenvalue weighted by Crippen LogP contribution is -2.27. The Kier molecular flexibility index (Phi) is 7.88. The molecule has 4 rings (SSSR count). The number of ether oxygens (including phenoxy) is 2. The van der Waals surface area contributed by atoms with Crippen LogP contribution in [-0.4, -0.2) is 22.3 Å². The molecule has 0 saturated carbocycles. The Labute approximate surface area is 232 Å². The van der Waals surface area contributed by atoms with E-state index in [1.165, 1.54) is 30.2 Å². The molecule has 0 spiro atoms. The number of benzene rings is 3. The number of carbonyl (C=O) groups excluding carboxylic acids is 1. The Morgan fingerprint density at radius 2 is 1.74 bits per heavy atom. The van der Waals surface area contributed by atoms with Crippen LogP contribution < -0.4 is 14.4 Å². The van der Waals surface area contributed by atoms with E-state index in [1.54, 1.807) is 24.3 Å².